The van der Waals surface area contributed by atoms with Crippen molar-refractivity contribution in [2.75, 3.05) is 18.0 Å². The lowest BCUT2D eigenvalue weighted by Gasteiger charge is -2.17. The zero-order valence-electron chi connectivity index (χ0n) is 10.4. The Morgan fingerprint density at radius 3 is 2.89 bits per heavy atom. The highest BCUT2D eigenvalue weighted by atomic mass is 19.1. The predicted molar refractivity (Wildman–Crippen MR) is 67.5 cm³/mol. The van der Waals surface area contributed by atoms with Gasteiger partial charge < -0.3 is 10.2 Å². The molecule has 6 nitrogen and oxygen atoms in total. The minimum absolute atomic E-state index is 0.130. The molecule has 0 aliphatic carbocycles. The molecule has 1 fully saturated rings. The van der Waals surface area contributed by atoms with Gasteiger partial charge in [-0.15, -0.1) is 0 Å². The van der Waals surface area contributed by atoms with Crippen LogP contribution in [0.15, 0.2) is 18.2 Å². The predicted octanol–water partition coefficient (Wildman–Crippen LogP) is 1.45. The summed E-state index contributed by atoms with van der Waals surface area (Å²) in [4.78, 5) is 23.2. The van der Waals surface area contributed by atoms with E-state index in [0.717, 1.165) is 12.1 Å². The molecule has 1 atom stereocenters. The average molecular weight is 267 g/mol. The fourth-order valence-electron chi connectivity index (χ4n) is 2.18. The third-order valence-electron chi connectivity index (χ3n) is 3.10. The molecule has 1 heterocycles. The van der Waals surface area contributed by atoms with Crippen molar-refractivity contribution in [2.24, 2.45) is 0 Å². The van der Waals surface area contributed by atoms with Crippen LogP contribution in [0.2, 0.25) is 0 Å². The second-order valence-corrected chi connectivity index (χ2v) is 4.28. The van der Waals surface area contributed by atoms with Crippen LogP contribution in [0.4, 0.5) is 15.8 Å². The molecule has 7 heteroatoms. The van der Waals surface area contributed by atoms with Gasteiger partial charge in [0.05, 0.1) is 11.0 Å². The standard InChI is InChI=1S/C12H14FN3O3/c1-2-14-10-5-6-15(12(10)17)8-3-4-11(16(18)19)9(13)7-8/h3-4,7,10,14H,2,5-6H2,1H3. The second kappa shape index (κ2) is 5.31. The first-order valence-corrected chi connectivity index (χ1v) is 6.03. The van der Waals surface area contributed by atoms with E-state index in [-0.39, 0.29) is 11.9 Å². The summed E-state index contributed by atoms with van der Waals surface area (Å²) >= 11 is 0. The lowest BCUT2D eigenvalue weighted by Crippen LogP contribution is -2.38. The van der Waals surface area contributed by atoms with Gasteiger partial charge in [0.1, 0.15) is 0 Å². The van der Waals surface area contributed by atoms with Crippen molar-refractivity contribution in [2.45, 2.75) is 19.4 Å². The number of likely N-dealkylation sites (N-methyl/N-ethyl adjacent to an activating group) is 1. The number of benzene rings is 1. The summed E-state index contributed by atoms with van der Waals surface area (Å²) < 4.78 is 13.5. The third kappa shape index (κ3) is 2.55. The van der Waals surface area contributed by atoms with Crippen LogP contribution in [0.25, 0.3) is 0 Å². The molecule has 0 bridgehead atoms. The van der Waals surface area contributed by atoms with Crippen molar-refractivity contribution in [3.8, 4) is 0 Å². The number of nitro groups is 1. The van der Waals surface area contributed by atoms with E-state index >= 15 is 0 Å². The van der Waals surface area contributed by atoms with Gasteiger partial charge in [-0.1, -0.05) is 6.92 Å². The third-order valence-corrected chi connectivity index (χ3v) is 3.10. The first-order valence-electron chi connectivity index (χ1n) is 6.03. The fourth-order valence-corrected chi connectivity index (χ4v) is 2.18. The fraction of sp³-hybridized carbons (Fsp3) is 0.417. The van der Waals surface area contributed by atoms with Gasteiger partial charge in [0.2, 0.25) is 11.7 Å². The quantitative estimate of drug-likeness (QED) is 0.661. The van der Waals surface area contributed by atoms with E-state index in [9.17, 15) is 19.3 Å². The number of nitrogens with one attached hydrogen (secondary N) is 1. The number of carbonyl (C=O) groups excluding carboxylic acids is 1. The molecule has 0 aromatic heterocycles. The van der Waals surface area contributed by atoms with Gasteiger partial charge in [0.25, 0.3) is 0 Å². The van der Waals surface area contributed by atoms with Crippen LogP contribution in [0.3, 0.4) is 0 Å². The SMILES string of the molecule is CCNC1CCN(c2ccc([N+](=O)[O-])c(F)c2)C1=O. The molecule has 2 rings (SSSR count). The van der Waals surface area contributed by atoms with Crippen LogP contribution in [-0.2, 0) is 4.79 Å². The highest BCUT2D eigenvalue weighted by molar-refractivity contribution is 5.99. The Morgan fingerprint density at radius 1 is 1.58 bits per heavy atom. The topological polar surface area (TPSA) is 75.5 Å². The summed E-state index contributed by atoms with van der Waals surface area (Å²) in [6.45, 7) is 3.06. The highest BCUT2D eigenvalue weighted by Gasteiger charge is 2.32. The molecule has 0 saturated carbocycles. The van der Waals surface area contributed by atoms with Gasteiger partial charge in [-0.2, -0.15) is 4.39 Å². The van der Waals surface area contributed by atoms with Gasteiger partial charge >= 0.3 is 5.69 Å². The zero-order chi connectivity index (χ0) is 14.0. The van der Waals surface area contributed by atoms with Crippen molar-refractivity contribution in [3.63, 3.8) is 0 Å². The molecule has 1 amide bonds. The summed E-state index contributed by atoms with van der Waals surface area (Å²) in [5.74, 6) is -1.06. The van der Waals surface area contributed by atoms with E-state index in [4.69, 9.17) is 0 Å². The molecule has 1 aliphatic heterocycles. The van der Waals surface area contributed by atoms with Crippen molar-refractivity contribution in [1.29, 1.82) is 0 Å². The van der Waals surface area contributed by atoms with Gasteiger partial charge in [0.15, 0.2) is 0 Å². The number of hydrogen-bond donors (Lipinski definition) is 1. The lowest BCUT2D eigenvalue weighted by atomic mass is 10.2. The molecular formula is C12H14FN3O3. The van der Waals surface area contributed by atoms with Crippen molar-refractivity contribution < 1.29 is 14.1 Å². The van der Waals surface area contributed by atoms with E-state index in [2.05, 4.69) is 5.32 Å². The van der Waals surface area contributed by atoms with Crippen LogP contribution in [-0.4, -0.2) is 30.0 Å². The number of anilines is 1. The highest BCUT2D eigenvalue weighted by Crippen LogP contribution is 2.26. The maximum absolute atomic E-state index is 13.5. The molecule has 0 radical (unpaired) electrons. The summed E-state index contributed by atoms with van der Waals surface area (Å²) in [6.07, 6.45) is 0.644. The maximum Gasteiger partial charge on any atom is 0.304 e. The van der Waals surface area contributed by atoms with Crippen molar-refractivity contribution in [3.05, 3.63) is 34.1 Å². The first-order chi connectivity index (χ1) is 9.04. The molecule has 1 aliphatic rings. The number of rotatable bonds is 4. The molecule has 1 saturated heterocycles. The number of halogens is 1. The molecule has 0 spiro atoms. The Morgan fingerprint density at radius 2 is 2.32 bits per heavy atom. The van der Waals surface area contributed by atoms with E-state index in [1.54, 1.807) is 0 Å². The minimum atomic E-state index is -0.929. The van der Waals surface area contributed by atoms with E-state index < -0.39 is 16.4 Å². The number of carbonyl (C=O) groups is 1. The molecular weight excluding hydrogens is 253 g/mol. The number of nitrogens with zero attached hydrogens (tertiary/aromatic N) is 2. The van der Waals surface area contributed by atoms with E-state index in [1.165, 1.54) is 11.0 Å². The normalized spacial score (nSPS) is 18.9. The summed E-state index contributed by atoms with van der Waals surface area (Å²) in [5.41, 5.74) is -0.230. The van der Waals surface area contributed by atoms with Gasteiger partial charge in [-0.05, 0) is 19.0 Å². The van der Waals surface area contributed by atoms with Crippen LogP contribution in [0.1, 0.15) is 13.3 Å². The van der Waals surface area contributed by atoms with Crippen molar-refractivity contribution >= 4 is 17.3 Å². The van der Waals surface area contributed by atoms with Gasteiger partial charge in [-0.25, -0.2) is 0 Å². The second-order valence-electron chi connectivity index (χ2n) is 4.28. The Labute approximate surface area is 109 Å². The smallest absolute Gasteiger partial charge is 0.304 e. The monoisotopic (exact) mass is 267 g/mol. The summed E-state index contributed by atoms with van der Waals surface area (Å²) in [6, 6.07) is 3.25. The number of amides is 1. The van der Waals surface area contributed by atoms with Gasteiger partial charge in [0, 0.05) is 24.4 Å². The molecule has 102 valence electrons. The Balaban J connectivity index is 2.22. The van der Waals surface area contributed by atoms with Crippen LogP contribution >= 0.6 is 0 Å². The summed E-state index contributed by atoms with van der Waals surface area (Å²) in [7, 11) is 0. The Bertz CT molecular complexity index is 521. The Hall–Kier alpha value is -2.02. The average Bonchev–Trinajstić information content (AvgIpc) is 2.71. The largest absolute Gasteiger partial charge is 0.311 e. The van der Waals surface area contributed by atoms with E-state index in [1.807, 2.05) is 6.92 Å². The maximum atomic E-state index is 13.5. The van der Waals surface area contributed by atoms with Crippen LogP contribution in [0.5, 0.6) is 0 Å². The molecule has 1 aromatic carbocycles. The Kier molecular flexibility index (Phi) is 3.75. The molecule has 1 N–H and O–H groups in total. The van der Waals surface area contributed by atoms with Gasteiger partial charge in [-0.3, -0.25) is 14.9 Å². The van der Waals surface area contributed by atoms with Crippen molar-refractivity contribution in [1.82, 2.24) is 5.32 Å². The molecule has 1 aromatic rings. The lowest BCUT2D eigenvalue weighted by molar-refractivity contribution is -0.387. The minimum Gasteiger partial charge on any atom is -0.311 e. The molecule has 19 heavy (non-hydrogen) atoms. The first kappa shape index (κ1) is 13.4. The number of nitro benzene ring substituents is 1. The van der Waals surface area contributed by atoms with E-state index in [0.29, 0.717) is 25.2 Å². The molecule has 1 unspecified atom stereocenters. The summed E-state index contributed by atoms with van der Waals surface area (Å²) in [5, 5.41) is 13.6. The van der Waals surface area contributed by atoms with Crippen LogP contribution < -0.4 is 10.2 Å². The zero-order valence-corrected chi connectivity index (χ0v) is 10.4. The number of hydrogen-bond acceptors (Lipinski definition) is 4. The van der Waals surface area contributed by atoms with Crippen LogP contribution in [0, 0.1) is 15.9 Å².